The van der Waals surface area contributed by atoms with Gasteiger partial charge < -0.3 is 15.0 Å². The highest BCUT2D eigenvalue weighted by Gasteiger charge is 2.11. The molecule has 0 aliphatic rings. The van der Waals surface area contributed by atoms with Crippen molar-refractivity contribution < 1.29 is 9.90 Å². The first-order chi connectivity index (χ1) is 12.6. The van der Waals surface area contributed by atoms with Gasteiger partial charge in [-0.25, -0.2) is 9.78 Å². The van der Waals surface area contributed by atoms with Crippen LogP contribution in [-0.4, -0.2) is 25.6 Å². The molecule has 136 valence electrons. The Morgan fingerprint density at radius 1 is 1.35 bits per heavy atom. The Morgan fingerprint density at radius 2 is 2.19 bits per heavy atom. The van der Waals surface area contributed by atoms with Crippen LogP contribution in [0.5, 0.6) is 0 Å². The highest BCUT2D eigenvalue weighted by molar-refractivity contribution is 7.09. The Hall–Kier alpha value is -2.51. The smallest absolute Gasteiger partial charge is 0.335 e. The second-order valence-electron chi connectivity index (χ2n) is 6.08. The molecule has 0 aliphatic heterocycles. The minimum atomic E-state index is -0.934. The first-order valence-corrected chi connectivity index (χ1v) is 9.42. The number of rotatable bonds is 8. The normalized spacial score (nSPS) is 11.0. The molecule has 7 heteroatoms. The number of carboxylic acid groups (broad SMARTS) is 1. The zero-order chi connectivity index (χ0) is 18.5. The van der Waals surface area contributed by atoms with Crippen molar-refractivity contribution in [3.8, 4) is 0 Å². The highest BCUT2D eigenvalue weighted by Crippen LogP contribution is 2.15. The van der Waals surface area contributed by atoms with E-state index in [1.807, 2.05) is 6.20 Å². The highest BCUT2D eigenvalue weighted by atomic mass is 32.1. The summed E-state index contributed by atoms with van der Waals surface area (Å²) in [6.07, 6.45) is 2.86. The molecule has 0 aromatic carbocycles. The van der Waals surface area contributed by atoms with E-state index in [2.05, 4.69) is 44.3 Å². The number of carbonyl (C=O) groups is 1. The van der Waals surface area contributed by atoms with E-state index in [9.17, 15) is 4.79 Å². The van der Waals surface area contributed by atoms with E-state index in [4.69, 9.17) is 5.11 Å². The van der Waals surface area contributed by atoms with E-state index < -0.39 is 5.97 Å². The lowest BCUT2D eigenvalue weighted by Crippen LogP contribution is -2.19. The van der Waals surface area contributed by atoms with Crippen LogP contribution < -0.4 is 5.32 Å². The fourth-order valence-electron chi connectivity index (χ4n) is 2.88. The topological polar surface area (TPSA) is 80.0 Å². The predicted molar refractivity (Wildman–Crippen MR) is 102 cm³/mol. The van der Waals surface area contributed by atoms with E-state index >= 15 is 0 Å². The molecule has 0 bridgehead atoms. The van der Waals surface area contributed by atoms with Crippen LogP contribution in [0.3, 0.4) is 0 Å². The van der Waals surface area contributed by atoms with E-state index in [1.54, 1.807) is 30.4 Å². The summed E-state index contributed by atoms with van der Waals surface area (Å²) in [6, 6.07) is 7.38. The average Bonchev–Trinajstić information content (AvgIpc) is 3.25. The summed E-state index contributed by atoms with van der Waals surface area (Å²) < 4.78 is 2.24. The molecule has 3 rings (SSSR count). The molecule has 0 aliphatic carbocycles. The van der Waals surface area contributed by atoms with Crippen molar-refractivity contribution in [2.24, 2.45) is 0 Å². The standard InChI is InChI=1S/C19H22N4O2S/c1-3-16-10-21-18(23(16)12-17-5-4-6-26-17)11-20-9-15-8-14(19(24)25)7-13(2)22-15/h4-8,10,20H,3,9,11-12H2,1-2H3,(H,24,25). The number of nitrogens with one attached hydrogen (secondary N) is 1. The molecule has 3 aromatic rings. The molecule has 0 amide bonds. The van der Waals surface area contributed by atoms with Gasteiger partial charge in [-0.2, -0.15) is 0 Å². The number of hydrogen-bond donors (Lipinski definition) is 2. The summed E-state index contributed by atoms with van der Waals surface area (Å²) in [4.78, 5) is 21.4. The minimum Gasteiger partial charge on any atom is -0.478 e. The monoisotopic (exact) mass is 370 g/mol. The number of aryl methyl sites for hydroxylation is 2. The van der Waals surface area contributed by atoms with Crippen molar-refractivity contribution in [1.82, 2.24) is 19.9 Å². The van der Waals surface area contributed by atoms with Gasteiger partial charge in [-0.1, -0.05) is 13.0 Å². The fourth-order valence-corrected chi connectivity index (χ4v) is 3.57. The molecular weight excluding hydrogens is 348 g/mol. The average molecular weight is 370 g/mol. The number of aromatic nitrogens is 3. The van der Waals surface area contributed by atoms with Gasteiger partial charge in [0.25, 0.3) is 0 Å². The first kappa shape index (κ1) is 18.3. The first-order valence-electron chi connectivity index (χ1n) is 8.54. The Morgan fingerprint density at radius 3 is 2.88 bits per heavy atom. The fraction of sp³-hybridized carbons (Fsp3) is 0.316. The second-order valence-corrected chi connectivity index (χ2v) is 7.11. The number of hydrogen-bond acceptors (Lipinski definition) is 5. The van der Waals surface area contributed by atoms with Gasteiger partial charge in [-0.15, -0.1) is 11.3 Å². The predicted octanol–water partition coefficient (Wildman–Crippen LogP) is 3.25. The molecule has 6 nitrogen and oxygen atoms in total. The van der Waals surface area contributed by atoms with Gasteiger partial charge in [0.2, 0.25) is 0 Å². The summed E-state index contributed by atoms with van der Waals surface area (Å²) in [5, 5.41) is 14.6. The molecule has 3 aromatic heterocycles. The summed E-state index contributed by atoms with van der Waals surface area (Å²) >= 11 is 1.74. The quantitative estimate of drug-likeness (QED) is 0.636. The molecule has 26 heavy (non-hydrogen) atoms. The van der Waals surface area contributed by atoms with E-state index in [0.717, 1.165) is 24.5 Å². The summed E-state index contributed by atoms with van der Waals surface area (Å²) in [6.45, 7) is 5.85. The van der Waals surface area contributed by atoms with Gasteiger partial charge in [-0.3, -0.25) is 4.98 Å². The Labute approximate surface area is 156 Å². The largest absolute Gasteiger partial charge is 0.478 e. The molecule has 2 N–H and O–H groups in total. The van der Waals surface area contributed by atoms with Gasteiger partial charge in [0.05, 0.1) is 24.3 Å². The van der Waals surface area contributed by atoms with Crippen LogP contribution in [-0.2, 0) is 26.1 Å². The number of imidazole rings is 1. The Kier molecular flexibility index (Phi) is 5.80. The van der Waals surface area contributed by atoms with Gasteiger partial charge in [0, 0.05) is 29.0 Å². The lowest BCUT2D eigenvalue weighted by Gasteiger charge is -2.11. The van der Waals surface area contributed by atoms with Crippen LogP contribution >= 0.6 is 11.3 Å². The van der Waals surface area contributed by atoms with Crippen LogP contribution in [0.4, 0.5) is 0 Å². The lowest BCUT2D eigenvalue weighted by molar-refractivity contribution is 0.0696. The maximum absolute atomic E-state index is 11.2. The number of thiophene rings is 1. The minimum absolute atomic E-state index is 0.266. The van der Waals surface area contributed by atoms with Crippen molar-refractivity contribution in [2.45, 2.75) is 39.9 Å². The third-order valence-corrected chi connectivity index (χ3v) is 4.98. The lowest BCUT2D eigenvalue weighted by atomic mass is 10.2. The maximum atomic E-state index is 11.2. The Balaban J connectivity index is 1.68. The summed E-state index contributed by atoms with van der Waals surface area (Å²) in [7, 11) is 0. The van der Waals surface area contributed by atoms with E-state index in [0.29, 0.717) is 18.8 Å². The maximum Gasteiger partial charge on any atom is 0.335 e. The number of carboxylic acids is 1. The molecule has 0 unspecified atom stereocenters. The molecule has 0 spiro atoms. The van der Waals surface area contributed by atoms with Crippen molar-refractivity contribution in [3.63, 3.8) is 0 Å². The van der Waals surface area contributed by atoms with Crippen LogP contribution in [0.15, 0.2) is 35.8 Å². The number of nitrogens with zero attached hydrogens (tertiary/aromatic N) is 3. The third-order valence-electron chi connectivity index (χ3n) is 4.12. The zero-order valence-corrected chi connectivity index (χ0v) is 15.7. The van der Waals surface area contributed by atoms with Gasteiger partial charge in [0.15, 0.2) is 0 Å². The Bertz CT molecular complexity index is 887. The van der Waals surface area contributed by atoms with Crippen LogP contribution in [0.25, 0.3) is 0 Å². The van der Waals surface area contributed by atoms with Crippen LogP contribution in [0, 0.1) is 6.92 Å². The van der Waals surface area contributed by atoms with E-state index in [1.165, 1.54) is 10.6 Å². The molecule has 3 heterocycles. The third kappa shape index (κ3) is 4.36. The molecule has 0 saturated carbocycles. The van der Waals surface area contributed by atoms with Crippen LogP contribution in [0.2, 0.25) is 0 Å². The van der Waals surface area contributed by atoms with Crippen molar-refractivity contribution >= 4 is 17.3 Å². The molecule has 0 atom stereocenters. The summed E-state index contributed by atoms with van der Waals surface area (Å²) in [5.74, 6) is 0.0391. The summed E-state index contributed by atoms with van der Waals surface area (Å²) in [5.41, 5.74) is 2.89. The van der Waals surface area contributed by atoms with Crippen molar-refractivity contribution in [1.29, 1.82) is 0 Å². The SMILES string of the molecule is CCc1cnc(CNCc2cc(C(=O)O)cc(C)n2)n1Cc1cccs1. The van der Waals surface area contributed by atoms with Crippen molar-refractivity contribution in [2.75, 3.05) is 0 Å². The van der Waals surface area contributed by atoms with Gasteiger partial charge in [0.1, 0.15) is 5.82 Å². The zero-order valence-electron chi connectivity index (χ0n) is 14.9. The number of aromatic carboxylic acids is 1. The second kappa shape index (κ2) is 8.25. The van der Waals surface area contributed by atoms with Gasteiger partial charge >= 0.3 is 5.97 Å². The van der Waals surface area contributed by atoms with Crippen LogP contribution in [0.1, 0.15) is 45.1 Å². The van der Waals surface area contributed by atoms with Gasteiger partial charge in [-0.05, 0) is 36.9 Å². The number of pyridine rings is 1. The van der Waals surface area contributed by atoms with Crippen molar-refractivity contribution in [3.05, 3.63) is 69.2 Å². The molecular formula is C19H22N4O2S. The van der Waals surface area contributed by atoms with E-state index in [-0.39, 0.29) is 5.56 Å². The molecule has 0 fully saturated rings. The molecule has 0 radical (unpaired) electrons. The molecule has 0 saturated heterocycles.